The van der Waals surface area contributed by atoms with Gasteiger partial charge in [0.25, 0.3) is 0 Å². The minimum absolute atomic E-state index is 0.255. The zero-order valence-corrected chi connectivity index (χ0v) is 11.5. The fourth-order valence-corrected chi connectivity index (χ4v) is 2.09. The molecule has 1 aromatic carbocycles. The van der Waals surface area contributed by atoms with Gasteiger partial charge in [-0.05, 0) is 30.9 Å². The predicted octanol–water partition coefficient (Wildman–Crippen LogP) is 2.38. The van der Waals surface area contributed by atoms with Crippen molar-refractivity contribution in [3.8, 4) is 11.8 Å². The van der Waals surface area contributed by atoms with E-state index in [2.05, 4.69) is 0 Å². The lowest BCUT2D eigenvalue weighted by atomic mass is 10.2. The van der Waals surface area contributed by atoms with Crippen LogP contribution in [0.3, 0.4) is 0 Å². The maximum absolute atomic E-state index is 11.4. The van der Waals surface area contributed by atoms with Crippen LogP contribution in [0.5, 0.6) is 5.75 Å². The van der Waals surface area contributed by atoms with Crippen LogP contribution in [0.15, 0.2) is 29.2 Å². The molecule has 1 aliphatic rings. The summed E-state index contributed by atoms with van der Waals surface area (Å²) in [5.41, 5.74) is 0.616. The first-order valence-corrected chi connectivity index (χ1v) is 7.93. The highest BCUT2D eigenvalue weighted by Crippen LogP contribution is 2.31. The molecule has 1 aliphatic carbocycles. The van der Waals surface area contributed by atoms with E-state index in [0.29, 0.717) is 23.8 Å². The van der Waals surface area contributed by atoms with Gasteiger partial charge in [-0.3, -0.25) is 0 Å². The first-order valence-electron chi connectivity index (χ1n) is 6.04. The number of rotatable bonds is 5. The van der Waals surface area contributed by atoms with E-state index in [-0.39, 0.29) is 4.91 Å². The molecule has 100 valence electrons. The zero-order chi connectivity index (χ0) is 13.9. The van der Waals surface area contributed by atoms with Crippen LogP contribution in [-0.2, 0) is 9.84 Å². The summed E-state index contributed by atoms with van der Waals surface area (Å²) >= 11 is 0. The molecule has 0 aromatic heterocycles. The minimum atomic E-state index is -3.50. The minimum Gasteiger partial charge on any atom is -0.493 e. The summed E-state index contributed by atoms with van der Waals surface area (Å²) in [5, 5.41) is 8.90. The van der Waals surface area contributed by atoms with Crippen LogP contribution in [-0.4, -0.2) is 21.3 Å². The second-order valence-electron chi connectivity index (χ2n) is 4.68. The summed E-state index contributed by atoms with van der Waals surface area (Å²) in [4.78, 5) is -0.255. The first kappa shape index (κ1) is 13.6. The van der Waals surface area contributed by atoms with Crippen molar-refractivity contribution in [1.29, 1.82) is 5.26 Å². The summed E-state index contributed by atoms with van der Waals surface area (Å²) in [7, 11) is -3.50. The van der Waals surface area contributed by atoms with Crippen LogP contribution >= 0.6 is 0 Å². The van der Waals surface area contributed by atoms with Gasteiger partial charge in [0.1, 0.15) is 16.7 Å². The highest BCUT2D eigenvalue weighted by molar-refractivity contribution is 7.95. The fraction of sp³-hybridized carbons (Fsp3) is 0.357. The number of sulfone groups is 1. The molecule has 0 unspecified atom stereocenters. The fourth-order valence-electron chi connectivity index (χ4n) is 1.59. The van der Waals surface area contributed by atoms with E-state index in [4.69, 9.17) is 10.00 Å². The third-order valence-electron chi connectivity index (χ3n) is 2.89. The van der Waals surface area contributed by atoms with Gasteiger partial charge in [0, 0.05) is 11.8 Å². The number of hydrogen-bond acceptors (Lipinski definition) is 4. The molecule has 0 spiro atoms. The molecule has 5 heteroatoms. The Hall–Kier alpha value is -1.80. The maximum atomic E-state index is 11.4. The van der Waals surface area contributed by atoms with Crippen molar-refractivity contribution in [2.75, 3.05) is 12.9 Å². The van der Waals surface area contributed by atoms with Gasteiger partial charge in [0.05, 0.1) is 6.61 Å². The highest BCUT2D eigenvalue weighted by Gasteiger charge is 2.22. The number of nitriles is 1. The standard InChI is InChI=1S/C14H15NO3S/c1-19(16,17)13(9-15)8-12-4-2-3-5-14(12)18-10-11-6-7-11/h2-5,8,11H,6-7,10H2,1H3. The molecule has 0 aliphatic heterocycles. The molecule has 2 rings (SSSR count). The molecule has 1 aromatic rings. The van der Waals surface area contributed by atoms with Gasteiger partial charge in [0.15, 0.2) is 9.84 Å². The Balaban J connectivity index is 2.28. The second kappa shape index (κ2) is 5.45. The maximum Gasteiger partial charge on any atom is 0.185 e. The van der Waals surface area contributed by atoms with Crippen molar-refractivity contribution in [3.05, 3.63) is 34.7 Å². The molecule has 0 bridgehead atoms. The normalized spacial score (nSPS) is 15.9. The Labute approximate surface area is 113 Å². The molecular weight excluding hydrogens is 262 g/mol. The smallest absolute Gasteiger partial charge is 0.185 e. The summed E-state index contributed by atoms with van der Waals surface area (Å²) in [6.07, 6.45) is 4.75. The zero-order valence-electron chi connectivity index (χ0n) is 10.7. The molecule has 19 heavy (non-hydrogen) atoms. The van der Waals surface area contributed by atoms with Crippen molar-refractivity contribution < 1.29 is 13.2 Å². The number of benzene rings is 1. The number of allylic oxidation sites excluding steroid dienone is 1. The number of ether oxygens (including phenoxy) is 1. The van der Waals surface area contributed by atoms with Crippen molar-refractivity contribution in [2.45, 2.75) is 12.8 Å². The Bertz CT molecular complexity index is 637. The number of para-hydroxylation sites is 1. The van der Waals surface area contributed by atoms with Crippen LogP contribution in [0.1, 0.15) is 18.4 Å². The Morgan fingerprint density at radius 2 is 2.16 bits per heavy atom. The van der Waals surface area contributed by atoms with E-state index < -0.39 is 9.84 Å². The molecule has 0 amide bonds. The van der Waals surface area contributed by atoms with Gasteiger partial charge in [-0.15, -0.1) is 0 Å². The van der Waals surface area contributed by atoms with Gasteiger partial charge in [-0.2, -0.15) is 5.26 Å². The van der Waals surface area contributed by atoms with Crippen molar-refractivity contribution in [3.63, 3.8) is 0 Å². The van der Waals surface area contributed by atoms with Crippen LogP contribution in [0.25, 0.3) is 6.08 Å². The van der Waals surface area contributed by atoms with E-state index in [1.165, 1.54) is 18.9 Å². The van der Waals surface area contributed by atoms with E-state index >= 15 is 0 Å². The monoisotopic (exact) mass is 277 g/mol. The van der Waals surface area contributed by atoms with Crippen LogP contribution in [0.4, 0.5) is 0 Å². The molecule has 0 heterocycles. The Kier molecular flexibility index (Phi) is 3.91. The number of hydrogen-bond donors (Lipinski definition) is 0. The predicted molar refractivity (Wildman–Crippen MR) is 73.1 cm³/mol. The molecule has 0 atom stereocenters. The van der Waals surface area contributed by atoms with Gasteiger partial charge in [-0.25, -0.2) is 8.42 Å². The van der Waals surface area contributed by atoms with E-state index in [1.807, 2.05) is 6.07 Å². The van der Waals surface area contributed by atoms with Crippen molar-refractivity contribution >= 4 is 15.9 Å². The summed E-state index contributed by atoms with van der Waals surface area (Å²) in [6, 6.07) is 8.85. The van der Waals surface area contributed by atoms with Crippen molar-refractivity contribution in [1.82, 2.24) is 0 Å². The van der Waals surface area contributed by atoms with Gasteiger partial charge in [-0.1, -0.05) is 18.2 Å². The number of nitrogens with zero attached hydrogens (tertiary/aromatic N) is 1. The highest BCUT2D eigenvalue weighted by atomic mass is 32.2. The van der Waals surface area contributed by atoms with Crippen LogP contribution in [0, 0.1) is 17.2 Å². The molecule has 0 N–H and O–H groups in total. The summed E-state index contributed by atoms with van der Waals surface area (Å²) < 4.78 is 28.5. The topological polar surface area (TPSA) is 67.2 Å². The summed E-state index contributed by atoms with van der Waals surface area (Å²) in [5.74, 6) is 1.23. The van der Waals surface area contributed by atoms with Gasteiger partial charge < -0.3 is 4.74 Å². The molecule has 4 nitrogen and oxygen atoms in total. The van der Waals surface area contributed by atoms with E-state index in [9.17, 15) is 8.42 Å². The largest absolute Gasteiger partial charge is 0.493 e. The molecule has 1 saturated carbocycles. The van der Waals surface area contributed by atoms with Crippen molar-refractivity contribution in [2.24, 2.45) is 5.92 Å². The lowest BCUT2D eigenvalue weighted by molar-refractivity contribution is 0.299. The average Bonchev–Trinajstić information content (AvgIpc) is 3.17. The molecule has 1 fully saturated rings. The third-order valence-corrected chi connectivity index (χ3v) is 3.89. The Morgan fingerprint density at radius 1 is 1.47 bits per heavy atom. The Morgan fingerprint density at radius 3 is 2.74 bits per heavy atom. The first-order chi connectivity index (χ1) is 9.00. The van der Waals surface area contributed by atoms with Crippen LogP contribution in [0.2, 0.25) is 0 Å². The quantitative estimate of drug-likeness (QED) is 0.775. The van der Waals surface area contributed by atoms with Gasteiger partial charge in [0.2, 0.25) is 0 Å². The molecule has 0 radical (unpaired) electrons. The lowest BCUT2D eigenvalue weighted by Gasteiger charge is -2.08. The molecular formula is C14H15NO3S. The SMILES string of the molecule is CS(=O)(=O)C(C#N)=Cc1ccccc1OCC1CC1. The second-order valence-corrected chi connectivity index (χ2v) is 6.67. The summed E-state index contributed by atoms with van der Waals surface area (Å²) in [6.45, 7) is 0.644. The van der Waals surface area contributed by atoms with Gasteiger partial charge >= 0.3 is 0 Å². The third kappa shape index (κ3) is 3.83. The average molecular weight is 277 g/mol. The van der Waals surface area contributed by atoms with E-state index in [0.717, 1.165) is 6.26 Å². The lowest BCUT2D eigenvalue weighted by Crippen LogP contribution is -2.02. The van der Waals surface area contributed by atoms with E-state index in [1.54, 1.807) is 24.3 Å². The molecule has 0 saturated heterocycles. The van der Waals surface area contributed by atoms with Crippen LogP contribution < -0.4 is 4.74 Å².